The van der Waals surface area contributed by atoms with Gasteiger partial charge in [0, 0.05) is 63.6 Å². The number of hydrogen-bond donors (Lipinski definition) is 1. The van der Waals surface area contributed by atoms with Crippen LogP contribution in [0.3, 0.4) is 0 Å². The van der Waals surface area contributed by atoms with Crippen LogP contribution in [0.2, 0.25) is 0 Å². The van der Waals surface area contributed by atoms with E-state index < -0.39 is 0 Å². The monoisotopic (exact) mass is 350 g/mol. The zero-order valence-electron chi connectivity index (χ0n) is 16.0. The van der Waals surface area contributed by atoms with Crippen molar-refractivity contribution >= 4 is 0 Å². The fourth-order valence-corrected chi connectivity index (χ4v) is 4.51. The molecule has 2 fully saturated rings. The molecule has 25 heavy (non-hydrogen) atoms. The lowest BCUT2D eigenvalue weighted by Crippen LogP contribution is -2.44. The number of rotatable bonds is 7. The number of nitrogens with zero attached hydrogens (tertiary/aromatic N) is 4. The van der Waals surface area contributed by atoms with E-state index in [9.17, 15) is 5.11 Å². The van der Waals surface area contributed by atoms with E-state index >= 15 is 0 Å². The van der Waals surface area contributed by atoms with Crippen LogP contribution in [0.5, 0.6) is 0 Å². The second-order valence-corrected chi connectivity index (χ2v) is 8.17. The van der Waals surface area contributed by atoms with Gasteiger partial charge in [0.25, 0.3) is 0 Å². The molecule has 3 heterocycles. The van der Waals surface area contributed by atoms with Crippen molar-refractivity contribution in [1.82, 2.24) is 19.6 Å². The summed E-state index contributed by atoms with van der Waals surface area (Å²) in [6.45, 7) is 11.7. The third-order valence-electron chi connectivity index (χ3n) is 6.16. The fourth-order valence-electron chi connectivity index (χ4n) is 4.51. The van der Waals surface area contributed by atoms with Crippen molar-refractivity contribution < 1.29 is 9.84 Å². The topological polar surface area (TPSA) is 53.8 Å². The summed E-state index contributed by atoms with van der Waals surface area (Å²) in [7, 11) is 1.76. The number of piperidine rings is 1. The molecule has 0 aromatic carbocycles. The zero-order chi connectivity index (χ0) is 17.9. The predicted molar refractivity (Wildman–Crippen MR) is 98.4 cm³/mol. The van der Waals surface area contributed by atoms with Gasteiger partial charge in [0.05, 0.1) is 12.8 Å². The summed E-state index contributed by atoms with van der Waals surface area (Å²) in [5.74, 6) is 0.412. The normalized spacial score (nSPS) is 24.6. The number of ether oxygens (including phenoxy) is 1. The van der Waals surface area contributed by atoms with Gasteiger partial charge in [-0.05, 0) is 45.2 Å². The first-order valence-electron chi connectivity index (χ1n) is 9.64. The highest BCUT2D eigenvalue weighted by molar-refractivity contribution is 5.06. The SMILES string of the molecule is COCCN1CC(CO)C2(CCN(Cc3cnn(C(C)C)c3)CC2)C1. The molecule has 0 aliphatic carbocycles. The summed E-state index contributed by atoms with van der Waals surface area (Å²) < 4.78 is 7.27. The van der Waals surface area contributed by atoms with Crippen LogP contribution in [-0.2, 0) is 11.3 Å². The van der Waals surface area contributed by atoms with Gasteiger partial charge in [0.15, 0.2) is 0 Å². The quantitative estimate of drug-likeness (QED) is 0.810. The Morgan fingerprint density at radius 2 is 2.08 bits per heavy atom. The molecule has 1 spiro atoms. The van der Waals surface area contributed by atoms with Gasteiger partial charge in [-0.2, -0.15) is 5.10 Å². The Hall–Kier alpha value is -0.950. The van der Waals surface area contributed by atoms with Crippen LogP contribution < -0.4 is 0 Å². The van der Waals surface area contributed by atoms with E-state index in [1.165, 1.54) is 18.4 Å². The summed E-state index contributed by atoms with van der Waals surface area (Å²) in [6.07, 6.45) is 6.54. The number of aliphatic hydroxyl groups is 1. The first kappa shape index (κ1) is 18.8. The van der Waals surface area contributed by atoms with E-state index in [2.05, 4.69) is 34.9 Å². The summed E-state index contributed by atoms with van der Waals surface area (Å²) >= 11 is 0. The Labute approximate surface area is 151 Å². The smallest absolute Gasteiger partial charge is 0.0589 e. The number of methoxy groups -OCH3 is 1. The standard InChI is InChI=1S/C19H34N4O2/c1-16(2)23-12-17(10-20-23)11-21-6-4-19(5-7-21)15-22(8-9-25-3)13-18(19)14-24/h10,12,16,18,24H,4-9,11,13-15H2,1-3H3. The van der Waals surface area contributed by atoms with Gasteiger partial charge >= 0.3 is 0 Å². The highest BCUT2D eigenvalue weighted by Gasteiger charge is 2.47. The minimum absolute atomic E-state index is 0.293. The molecule has 2 saturated heterocycles. The molecule has 0 bridgehead atoms. The summed E-state index contributed by atoms with van der Waals surface area (Å²) in [6, 6.07) is 0.417. The second kappa shape index (κ2) is 8.16. The van der Waals surface area contributed by atoms with Gasteiger partial charge in [0.2, 0.25) is 0 Å². The predicted octanol–water partition coefficient (Wildman–Crippen LogP) is 1.62. The van der Waals surface area contributed by atoms with Crippen LogP contribution in [0.25, 0.3) is 0 Å². The molecule has 1 unspecified atom stereocenters. The van der Waals surface area contributed by atoms with Gasteiger partial charge in [-0.25, -0.2) is 0 Å². The molecule has 2 aliphatic heterocycles. The molecule has 6 heteroatoms. The molecular formula is C19H34N4O2. The molecule has 142 valence electrons. The van der Waals surface area contributed by atoms with Crippen molar-refractivity contribution in [1.29, 1.82) is 0 Å². The maximum Gasteiger partial charge on any atom is 0.0589 e. The number of likely N-dealkylation sites (tertiary alicyclic amines) is 2. The molecule has 3 rings (SSSR count). The zero-order valence-corrected chi connectivity index (χ0v) is 16.0. The van der Waals surface area contributed by atoms with Gasteiger partial charge in [-0.3, -0.25) is 9.58 Å². The van der Waals surface area contributed by atoms with Crippen LogP contribution in [0.4, 0.5) is 0 Å². The Bertz CT molecular complexity index is 537. The number of aromatic nitrogens is 2. The molecule has 2 aliphatic rings. The third kappa shape index (κ3) is 4.25. The fraction of sp³-hybridized carbons (Fsp3) is 0.842. The first-order valence-corrected chi connectivity index (χ1v) is 9.64. The largest absolute Gasteiger partial charge is 0.396 e. The maximum absolute atomic E-state index is 9.90. The average Bonchev–Trinajstić information content (AvgIpc) is 3.20. The van der Waals surface area contributed by atoms with E-state index in [0.29, 0.717) is 24.0 Å². The van der Waals surface area contributed by atoms with Crippen molar-refractivity contribution in [3.63, 3.8) is 0 Å². The molecule has 1 aromatic heterocycles. The number of aliphatic hydroxyl groups excluding tert-OH is 1. The highest BCUT2D eigenvalue weighted by Crippen LogP contribution is 2.44. The van der Waals surface area contributed by atoms with E-state index in [1.807, 2.05) is 10.9 Å². The van der Waals surface area contributed by atoms with E-state index in [-0.39, 0.29) is 0 Å². The molecule has 1 atom stereocenters. The summed E-state index contributed by atoms with van der Waals surface area (Å²) in [5.41, 5.74) is 1.60. The minimum Gasteiger partial charge on any atom is -0.396 e. The molecule has 0 saturated carbocycles. The lowest BCUT2D eigenvalue weighted by atomic mass is 9.71. The van der Waals surface area contributed by atoms with Crippen molar-refractivity contribution in [3.8, 4) is 0 Å². The van der Waals surface area contributed by atoms with Gasteiger partial charge < -0.3 is 14.7 Å². The summed E-state index contributed by atoms with van der Waals surface area (Å²) in [4.78, 5) is 5.02. The van der Waals surface area contributed by atoms with Crippen molar-refractivity contribution in [2.24, 2.45) is 11.3 Å². The maximum atomic E-state index is 9.90. The van der Waals surface area contributed by atoms with Crippen molar-refractivity contribution in [2.45, 2.75) is 39.3 Å². The lowest BCUT2D eigenvalue weighted by molar-refractivity contribution is 0.0477. The van der Waals surface area contributed by atoms with E-state index in [4.69, 9.17) is 4.74 Å². The number of hydrogen-bond acceptors (Lipinski definition) is 5. The molecule has 6 nitrogen and oxygen atoms in total. The Balaban J connectivity index is 1.54. The third-order valence-corrected chi connectivity index (χ3v) is 6.16. The Morgan fingerprint density at radius 1 is 1.32 bits per heavy atom. The second-order valence-electron chi connectivity index (χ2n) is 8.17. The Morgan fingerprint density at radius 3 is 2.68 bits per heavy atom. The first-order chi connectivity index (χ1) is 12.1. The average molecular weight is 351 g/mol. The van der Waals surface area contributed by atoms with Crippen molar-refractivity contribution in [3.05, 3.63) is 18.0 Å². The highest BCUT2D eigenvalue weighted by atomic mass is 16.5. The van der Waals surface area contributed by atoms with Crippen molar-refractivity contribution in [2.75, 3.05) is 53.0 Å². The van der Waals surface area contributed by atoms with Gasteiger partial charge in [-0.15, -0.1) is 0 Å². The summed E-state index contributed by atoms with van der Waals surface area (Å²) in [5, 5.41) is 14.4. The van der Waals surface area contributed by atoms with Crippen LogP contribution in [0.1, 0.15) is 38.3 Å². The molecule has 1 N–H and O–H groups in total. The molecule has 0 amide bonds. The van der Waals surface area contributed by atoms with E-state index in [0.717, 1.165) is 45.9 Å². The van der Waals surface area contributed by atoms with Gasteiger partial charge in [-0.1, -0.05) is 0 Å². The molecular weight excluding hydrogens is 316 g/mol. The molecule has 0 radical (unpaired) electrons. The van der Waals surface area contributed by atoms with Crippen LogP contribution in [-0.4, -0.2) is 77.7 Å². The van der Waals surface area contributed by atoms with E-state index in [1.54, 1.807) is 7.11 Å². The molecule has 1 aromatic rings. The minimum atomic E-state index is 0.293. The van der Waals surface area contributed by atoms with Crippen LogP contribution in [0.15, 0.2) is 12.4 Å². The van der Waals surface area contributed by atoms with Gasteiger partial charge in [0.1, 0.15) is 0 Å². The Kier molecular flexibility index (Phi) is 6.15. The van der Waals surface area contributed by atoms with Crippen LogP contribution in [0, 0.1) is 11.3 Å². The van der Waals surface area contributed by atoms with Crippen LogP contribution >= 0.6 is 0 Å². The lowest BCUT2D eigenvalue weighted by Gasteiger charge is -2.42.